The van der Waals surface area contributed by atoms with Gasteiger partial charge in [-0.25, -0.2) is 4.98 Å². The summed E-state index contributed by atoms with van der Waals surface area (Å²) < 4.78 is 0. The fourth-order valence-corrected chi connectivity index (χ4v) is 2.47. The summed E-state index contributed by atoms with van der Waals surface area (Å²) in [7, 11) is 2.11. The molecule has 1 atom stereocenters. The van der Waals surface area contributed by atoms with Crippen LogP contribution in [-0.2, 0) is 0 Å². The Hall–Kier alpha value is -1.62. The minimum absolute atomic E-state index is 0.0211. The predicted octanol–water partition coefficient (Wildman–Crippen LogP) is 1.73. The van der Waals surface area contributed by atoms with Crippen molar-refractivity contribution in [2.45, 2.75) is 32.2 Å². The molecule has 1 amide bonds. The van der Waals surface area contributed by atoms with Crippen molar-refractivity contribution in [1.29, 1.82) is 0 Å². The van der Waals surface area contributed by atoms with Crippen molar-refractivity contribution in [1.82, 2.24) is 15.2 Å². The summed E-state index contributed by atoms with van der Waals surface area (Å²) in [6, 6.07) is 4.03. The van der Waals surface area contributed by atoms with E-state index in [0.29, 0.717) is 11.6 Å². The number of rotatable bonds is 6. The summed E-state index contributed by atoms with van der Waals surface area (Å²) in [6.45, 7) is 4.81. The molecule has 1 aromatic rings. The van der Waals surface area contributed by atoms with Crippen LogP contribution in [0.3, 0.4) is 0 Å². The van der Waals surface area contributed by atoms with Gasteiger partial charge in [-0.2, -0.15) is 0 Å². The lowest BCUT2D eigenvalue weighted by molar-refractivity contribution is 0.0943. The monoisotopic (exact) mass is 276 g/mol. The molecule has 1 saturated heterocycles. The molecule has 2 heterocycles. The first-order valence-corrected chi connectivity index (χ1v) is 7.39. The average molecular weight is 276 g/mol. The van der Waals surface area contributed by atoms with Gasteiger partial charge in [0.15, 0.2) is 0 Å². The van der Waals surface area contributed by atoms with Gasteiger partial charge in [-0.3, -0.25) is 4.79 Å². The zero-order valence-electron chi connectivity index (χ0n) is 12.4. The number of likely N-dealkylation sites (N-methyl/N-ethyl adjacent to an activating group) is 1. The van der Waals surface area contributed by atoms with Crippen molar-refractivity contribution in [2.24, 2.45) is 0 Å². The molecule has 5 heteroatoms. The van der Waals surface area contributed by atoms with Crippen LogP contribution < -0.4 is 10.6 Å². The molecule has 1 aliphatic heterocycles. The standard InChI is InChI=1S/C15H24N4O/c1-3-7-16-14-10-12(6-8-17-14)15(20)18-11-13-5-4-9-19(13)2/h6,8,10,13H,3-5,7,9,11H2,1-2H3,(H,16,17)(H,18,20). The van der Waals surface area contributed by atoms with Crippen LogP contribution in [0, 0.1) is 0 Å². The van der Waals surface area contributed by atoms with Gasteiger partial charge in [0.05, 0.1) is 0 Å². The molecule has 5 nitrogen and oxygen atoms in total. The third-order valence-electron chi connectivity index (χ3n) is 3.75. The Balaban J connectivity index is 1.88. The number of nitrogens with one attached hydrogen (secondary N) is 2. The van der Waals surface area contributed by atoms with Crippen molar-refractivity contribution in [3.8, 4) is 0 Å². The van der Waals surface area contributed by atoms with E-state index in [1.54, 1.807) is 12.3 Å². The molecular weight excluding hydrogens is 252 g/mol. The van der Waals surface area contributed by atoms with E-state index in [9.17, 15) is 4.79 Å². The molecule has 1 aromatic heterocycles. The topological polar surface area (TPSA) is 57.3 Å². The summed E-state index contributed by atoms with van der Waals surface area (Å²) in [5, 5.41) is 6.21. The van der Waals surface area contributed by atoms with Crippen molar-refractivity contribution in [3.05, 3.63) is 23.9 Å². The second kappa shape index (κ2) is 7.24. The number of nitrogens with zero attached hydrogens (tertiary/aromatic N) is 2. The lowest BCUT2D eigenvalue weighted by atomic mass is 10.2. The number of carbonyl (C=O) groups excluding carboxylic acids is 1. The molecule has 0 aliphatic carbocycles. The molecule has 0 saturated carbocycles. The van der Waals surface area contributed by atoms with Gasteiger partial charge in [0, 0.05) is 30.9 Å². The summed E-state index contributed by atoms with van der Waals surface area (Å²) >= 11 is 0. The van der Waals surface area contributed by atoms with E-state index in [0.717, 1.165) is 38.3 Å². The van der Waals surface area contributed by atoms with Gasteiger partial charge in [-0.05, 0) is 45.0 Å². The normalized spacial score (nSPS) is 19.0. The van der Waals surface area contributed by atoms with Crippen LogP contribution in [0.4, 0.5) is 5.82 Å². The first kappa shape index (κ1) is 14.8. The van der Waals surface area contributed by atoms with Gasteiger partial charge in [0.1, 0.15) is 5.82 Å². The summed E-state index contributed by atoms with van der Waals surface area (Å²) in [4.78, 5) is 18.7. The fourth-order valence-electron chi connectivity index (χ4n) is 2.47. The molecule has 0 radical (unpaired) electrons. The highest BCUT2D eigenvalue weighted by molar-refractivity contribution is 5.94. The number of aromatic nitrogens is 1. The lowest BCUT2D eigenvalue weighted by Gasteiger charge is -2.19. The Labute approximate surface area is 120 Å². The first-order chi connectivity index (χ1) is 9.70. The number of pyridine rings is 1. The third kappa shape index (κ3) is 3.93. The summed E-state index contributed by atoms with van der Waals surface area (Å²) in [5.74, 6) is 0.740. The van der Waals surface area contributed by atoms with E-state index in [1.165, 1.54) is 6.42 Å². The lowest BCUT2D eigenvalue weighted by Crippen LogP contribution is -2.38. The highest BCUT2D eigenvalue weighted by Crippen LogP contribution is 2.14. The Morgan fingerprint density at radius 3 is 3.10 bits per heavy atom. The molecule has 1 aliphatic rings. The number of anilines is 1. The van der Waals surface area contributed by atoms with E-state index in [4.69, 9.17) is 0 Å². The largest absolute Gasteiger partial charge is 0.370 e. The molecule has 0 aromatic carbocycles. The first-order valence-electron chi connectivity index (χ1n) is 7.39. The van der Waals surface area contributed by atoms with Crippen molar-refractivity contribution in [3.63, 3.8) is 0 Å². The van der Waals surface area contributed by atoms with Crippen LogP contribution in [0.15, 0.2) is 18.3 Å². The van der Waals surface area contributed by atoms with Gasteiger partial charge >= 0.3 is 0 Å². The van der Waals surface area contributed by atoms with Gasteiger partial charge in [-0.1, -0.05) is 6.92 Å². The zero-order valence-corrected chi connectivity index (χ0v) is 12.4. The maximum atomic E-state index is 12.1. The molecule has 2 N–H and O–H groups in total. The van der Waals surface area contributed by atoms with E-state index in [-0.39, 0.29) is 5.91 Å². The summed E-state index contributed by atoms with van der Waals surface area (Å²) in [5.41, 5.74) is 0.666. The van der Waals surface area contributed by atoms with Crippen LogP contribution in [0.2, 0.25) is 0 Å². The molecule has 1 fully saturated rings. The van der Waals surface area contributed by atoms with E-state index >= 15 is 0 Å². The minimum Gasteiger partial charge on any atom is -0.370 e. The quantitative estimate of drug-likeness (QED) is 0.831. The predicted molar refractivity (Wildman–Crippen MR) is 81.0 cm³/mol. The Morgan fingerprint density at radius 2 is 2.40 bits per heavy atom. The molecule has 0 spiro atoms. The average Bonchev–Trinajstić information content (AvgIpc) is 2.88. The minimum atomic E-state index is -0.0211. The van der Waals surface area contributed by atoms with Crippen molar-refractivity contribution >= 4 is 11.7 Å². The smallest absolute Gasteiger partial charge is 0.251 e. The van der Waals surface area contributed by atoms with Crippen LogP contribution in [0.5, 0.6) is 0 Å². The number of hydrogen-bond acceptors (Lipinski definition) is 4. The zero-order chi connectivity index (χ0) is 14.4. The fraction of sp³-hybridized carbons (Fsp3) is 0.600. The second-order valence-corrected chi connectivity index (χ2v) is 5.34. The number of carbonyl (C=O) groups is 1. The SMILES string of the molecule is CCCNc1cc(C(=O)NCC2CCCN2C)ccn1. The maximum absolute atomic E-state index is 12.1. The number of hydrogen-bond donors (Lipinski definition) is 2. The van der Waals surface area contributed by atoms with Crippen LogP contribution in [0.25, 0.3) is 0 Å². The van der Waals surface area contributed by atoms with Gasteiger partial charge in [0.2, 0.25) is 0 Å². The molecule has 110 valence electrons. The van der Waals surface area contributed by atoms with Crippen LogP contribution in [0.1, 0.15) is 36.5 Å². The molecule has 0 bridgehead atoms. The van der Waals surface area contributed by atoms with Crippen molar-refractivity contribution < 1.29 is 4.79 Å². The van der Waals surface area contributed by atoms with Gasteiger partial charge in [-0.15, -0.1) is 0 Å². The Kier molecular flexibility index (Phi) is 5.35. The summed E-state index contributed by atoms with van der Waals surface area (Å²) in [6.07, 6.45) is 5.09. The third-order valence-corrected chi connectivity index (χ3v) is 3.75. The van der Waals surface area contributed by atoms with Crippen LogP contribution >= 0.6 is 0 Å². The van der Waals surface area contributed by atoms with Crippen LogP contribution in [-0.4, -0.2) is 48.5 Å². The van der Waals surface area contributed by atoms with Gasteiger partial charge < -0.3 is 15.5 Å². The molecule has 20 heavy (non-hydrogen) atoms. The molecule has 2 rings (SSSR count). The maximum Gasteiger partial charge on any atom is 0.251 e. The highest BCUT2D eigenvalue weighted by Gasteiger charge is 2.21. The molecular formula is C15H24N4O. The Bertz CT molecular complexity index is 449. The van der Waals surface area contributed by atoms with E-state index in [2.05, 4.69) is 34.5 Å². The number of amides is 1. The van der Waals surface area contributed by atoms with E-state index < -0.39 is 0 Å². The van der Waals surface area contributed by atoms with Crippen molar-refractivity contribution in [2.75, 3.05) is 32.0 Å². The highest BCUT2D eigenvalue weighted by atomic mass is 16.1. The van der Waals surface area contributed by atoms with E-state index in [1.807, 2.05) is 6.07 Å². The van der Waals surface area contributed by atoms with Gasteiger partial charge in [0.25, 0.3) is 5.91 Å². The Morgan fingerprint density at radius 1 is 1.55 bits per heavy atom. The molecule has 1 unspecified atom stereocenters. The number of likely N-dealkylation sites (tertiary alicyclic amines) is 1. The second-order valence-electron chi connectivity index (χ2n) is 5.34.